The summed E-state index contributed by atoms with van der Waals surface area (Å²) in [5, 5.41) is 4.25. The molecule has 1 N–H and O–H groups in total. The molecule has 2 aromatic heterocycles. The number of piperazine rings is 1. The van der Waals surface area contributed by atoms with Crippen LogP contribution in [0.1, 0.15) is 34.6 Å². The van der Waals surface area contributed by atoms with Crippen LogP contribution in [0.25, 0.3) is 10.1 Å². The van der Waals surface area contributed by atoms with E-state index in [4.69, 9.17) is 0 Å². The summed E-state index contributed by atoms with van der Waals surface area (Å²) in [4.78, 5) is 25.4. The summed E-state index contributed by atoms with van der Waals surface area (Å²) in [6.07, 6.45) is 5.59. The van der Waals surface area contributed by atoms with Crippen LogP contribution < -0.4 is 5.32 Å². The average molecular weight is 424 g/mol. The standard InChI is InChI=1S/C23H29N5OS/c1-26-9-11-27(12-10-26)6-2-3-19-14-18-15-20(24-16-21(18)30-19)23(29)25-22-13-17-4-7-28(22)8-5-17/h14-17,22H,4-13H2,1H3,(H,25,29). The first-order valence-corrected chi connectivity index (χ1v) is 11.8. The first-order valence-electron chi connectivity index (χ1n) is 11.0. The van der Waals surface area contributed by atoms with Crippen LogP contribution >= 0.6 is 11.3 Å². The van der Waals surface area contributed by atoms with Gasteiger partial charge in [-0.05, 0) is 49.7 Å². The zero-order chi connectivity index (χ0) is 20.5. The molecule has 30 heavy (non-hydrogen) atoms. The fraction of sp³-hybridized carbons (Fsp3) is 0.565. The molecule has 6 nitrogen and oxygen atoms in total. The molecule has 1 unspecified atom stereocenters. The molecule has 4 fully saturated rings. The van der Waals surface area contributed by atoms with Crippen molar-refractivity contribution in [2.75, 3.05) is 52.9 Å². The van der Waals surface area contributed by atoms with Crippen molar-refractivity contribution in [1.29, 1.82) is 0 Å². The molecule has 6 rings (SSSR count). The molecule has 0 aliphatic carbocycles. The molecule has 0 aromatic carbocycles. The molecule has 0 radical (unpaired) electrons. The first-order chi connectivity index (χ1) is 14.6. The maximum absolute atomic E-state index is 12.8. The van der Waals surface area contributed by atoms with Crippen LogP contribution in [0.5, 0.6) is 0 Å². The van der Waals surface area contributed by atoms with Crippen molar-refractivity contribution in [3.05, 3.63) is 28.9 Å². The molecule has 4 aliphatic heterocycles. The molecule has 2 bridgehead atoms. The second kappa shape index (κ2) is 8.64. The Bertz CT molecular complexity index is 976. The van der Waals surface area contributed by atoms with Crippen molar-refractivity contribution >= 4 is 27.3 Å². The lowest BCUT2D eigenvalue weighted by Gasteiger charge is -2.45. The Balaban J connectivity index is 1.23. The molecule has 1 amide bonds. The molecule has 7 heteroatoms. The molecule has 4 saturated heterocycles. The van der Waals surface area contributed by atoms with E-state index in [1.807, 2.05) is 12.3 Å². The third-order valence-corrected chi connectivity index (χ3v) is 7.69. The number of fused-ring (bicyclic) bond motifs is 4. The summed E-state index contributed by atoms with van der Waals surface area (Å²) in [5.74, 6) is 7.32. The van der Waals surface area contributed by atoms with E-state index in [9.17, 15) is 4.79 Å². The molecular weight excluding hydrogens is 394 g/mol. The van der Waals surface area contributed by atoms with Crippen molar-refractivity contribution in [3.63, 3.8) is 0 Å². The number of carbonyl (C=O) groups excluding carboxylic acids is 1. The van der Waals surface area contributed by atoms with Gasteiger partial charge in [-0.3, -0.25) is 14.6 Å². The Kier molecular flexibility index (Phi) is 5.74. The summed E-state index contributed by atoms with van der Waals surface area (Å²) in [7, 11) is 2.17. The number of nitrogens with zero attached hydrogens (tertiary/aromatic N) is 4. The second-order valence-corrected chi connectivity index (χ2v) is 9.89. The van der Waals surface area contributed by atoms with Gasteiger partial charge in [0.25, 0.3) is 5.91 Å². The van der Waals surface area contributed by atoms with Gasteiger partial charge in [0.2, 0.25) is 0 Å². The van der Waals surface area contributed by atoms with Crippen LogP contribution in [0.15, 0.2) is 18.3 Å². The molecule has 0 spiro atoms. The summed E-state index contributed by atoms with van der Waals surface area (Å²) < 4.78 is 1.08. The van der Waals surface area contributed by atoms with Gasteiger partial charge in [-0.25, -0.2) is 4.98 Å². The highest BCUT2D eigenvalue weighted by Crippen LogP contribution is 2.31. The Morgan fingerprint density at radius 2 is 2.00 bits per heavy atom. The molecule has 4 aliphatic rings. The van der Waals surface area contributed by atoms with Gasteiger partial charge in [0.15, 0.2) is 0 Å². The Hall–Kier alpha value is -1.98. The van der Waals surface area contributed by atoms with Gasteiger partial charge in [0, 0.05) is 45.5 Å². The monoisotopic (exact) mass is 423 g/mol. The van der Waals surface area contributed by atoms with Crippen molar-refractivity contribution in [3.8, 4) is 11.8 Å². The summed E-state index contributed by atoms with van der Waals surface area (Å²) in [6, 6.07) is 3.99. The van der Waals surface area contributed by atoms with E-state index in [1.165, 1.54) is 12.8 Å². The van der Waals surface area contributed by atoms with Crippen molar-refractivity contribution < 1.29 is 4.79 Å². The fourth-order valence-electron chi connectivity index (χ4n) is 4.72. The van der Waals surface area contributed by atoms with E-state index in [2.05, 4.69) is 50.0 Å². The topological polar surface area (TPSA) is 51.7 Å². The Morgan fingerprint density at radius 3 is 2.73 bits per heavy atom. The lowest BCUT2D eigenvalue weighted by atomic mass is 9.86. The van der Waals surface area contributed by atoms with E-state index in [0.29, 0.717) is 5.69 Å². The average Bonchev–Trinajstić information content (AvgIpc) is 3.18. The first kappa shape index (κ1) is 20.0. The van der Waals surface area contributed by atoms with E-state index in [1.54, 1.807) is 11.3 Å². The maximum atomic E-state index is 12.8. The summed E-state index contributed by atoms with van der Waals surface area (Å²) in [5.41, 5.74) is 0.500. The zero-order valence-corrected chi connectivity index (χ0v) is 18.4. The van der Waals surface area contributed by atoms with Crippen LogP contribution in [-0.4, -0.2) is 84.6 Å². The number of carbonyl (C=O) groups is 1. The van der Waals surface area contributed by atoms with E-state index in [0.717, 1.165) is 73.1 Å². The largest absolute Gasteiger partial charge is 0.335 e. The third-order valence-electron chi connectivity index (χ3n) is 6.69. The van der Waals surface area contributed by atoms with Gasteiger partial charge in [-0.2, -0.15) is 0 Å². The van der Waals surface area contributed by atoms with E-state index < -0.39 is 0 Å². The lowest BCUT2D eigenvalue weighted by molar-refractivity contribution is 0.0293. The number of thiophene rings is 1. The summed E-state index contributed by atoms with van der Waals surface area (Å²) >= 11 is 1.65. The maximum Gasteiger partial charge on any atom is 0.271 e. The molecule has 158 valence electrons. The van der Waals surface area contributed by atoms with Crippen LogP contribution in [-0.2, 0) is 0 Å². The number of piperidine rings is 3. The lowest BCUT2D eigenvalue weighted by Crippen LogP contribution is -2.56. The molecule has 6 heterocycles. The third kappa shape index (κ3) is 4.37. The van der Waals surface area contributed by atoms with Crippen LogP contribution in [0.2, 0.25) is 0 Å². The second-order valence-electron chi connectivity index (χ2n) is 8.80. The number of hydrogen-bond acceptors (Lipinski definition) is 6. The van der Waals surface area contributed by atoms with Crippen molar-refractivity contribution in [2.45, 2.75) is 25.4 Å². The highest BCUT2D eigenvalue weighted by atomic mass is 32.1. The molecule has 0 saturated carbocycles. The SMILES string of the molecule is CN1CCN(CC#Cc2cc3cc(C(=O)NC4CC5CCN4CC5)ncc3s2)CC1. The van der Waals surface area contributed by atoms with Gasteiger partial charge in [-0.15, -0.1) is 11.3 Å². The number of pyridine rings is 1. The predicted molar refractivity (Wildman–Crippen MR) is 121 cm³/mol. The van der Waals surface area contributed by atoms with Gasteiger partial charge in [-0.1, -0.05) is 11.8 Å². The van der Waals surface area contributed by atoms with Crippen LogP contribution in [0.3, 0.4) is 0 Å². The Labute approximate surface area is 182 Å². The molecule has 1 atom stereocenters. The van der Waals surface area contributed by atoms with Gasteiger partial charge in [0.1, 0.15) is 5.69 Å². The van der Waals surface area contributed by atoms with E-state index in [-0.39, 0.29) is 12.1 Å². The van der Waals surface area contributed by atoms with Gasteiger partial charge >= 0.3 is 0 Å². The molecular formula is C23H29N5OS. The number of likely N-dealkylation sites (N-methyl/N-ethyl adjacent to an activating group) is 1. The Morgan fingerprint density at radius 1 is 1.20 bits per heavy atom. The normalized spacial score (nSPS) is 27.0. The van der Waals surface area contributed by atoms with Crippen LogP contribution in [0.4, 0.5) is 0 Å². The minimum Gasteiger partial charge on any atom is -0.335 e. The minimum absolute atomic E-state index is 0.0663. The predicted octanol–water partition coefficient (Wildman–Crippen LogP) is 2.07. The highest BCUT2D eigenvalue weighted by molar-refractivity contribution is 7.19. The quantitative estimate of drug-likeness (QED) is 0.766. The zero-order valence-electron chi connectivity index (χ0n) is 17.6. The number of nitrogens with one attached hydrogen (secondary N) is 1. The smallest absolute Gasteiger partial charge is 0.271 e. The minimum atomic E-state index is -0.0663. The number of rotatable bonds is 3. The van der Waals surface area contributed by atoms with Crippen LogP contribution in [0, 0.1) is 17.8 Å². The van der Waals surface area contributed by atoms with Crippen molar-refractivity contribution in [2.24, 2.45) is 5.92 Å². The number of aromatic nitrogens is 1. The fourth-order valence-corrected chi connectivity index (χ4v) is 5.60. The molecule has 2 aromatic rings. The summed E-state index contributed by atoms with van der Waals surface area (Å²) in [6.45, 7) is 7.40. The van der Waals surface area contributed by atoms with E-state index >= 15 is 0 Å². The number of amides is 1. The van der Waals surface area contributed by atoms with Gasteiger partial charge < -0.3 is 10.2 Å². The van der Waals surface area contributed by atoms with Gasteiger partial charge in [0.05, 0.1) is 22.3 Å². The number of hydrogen-bond donors (Lipinski definition) is 1. The van der Waals surface area contributed by atoms with Crippen molar-refractivity contribution in [1.82, 2.24) is 25.0 Å². The highest BCUT2D eigenvalue weighted by Gasteiger charge is 2.34.